The van der Waals surface area contributed by atoms with Gasteiger partial charge < -0.3 is 5.32 Å². The van der Waals surface area contributed by atoms with E-state index < -0.39 is 16.7 Å². The molecule has 0 spiro atoms. The first kappa shape index (κ1) is 21.3. The van der Waals surface area contributed by atoms with Gasteiger partial charge in [-0.05, 0) is 66.9 Å². The predicted molar refractivity (Wildman–Crippen MR) is 124 cm³/mol. The molecule has 8 heteroatoms. The van der Waals surface area contributed by atoms with E-state index in [4.69, 9.17) is 11.6 Å². The number of amides is 2. The van der Waals surface area contributed by atoms with Gasteiger partial charge in [-0.3, -0.25) is 19.7 Å². The van der Waals surface area contributed by atoms with Gasteiger partial charge in [0.25, 0.3) is 17.5 Å². The van der Waals surface area contributed by atoms with Crippen LogP contribution >= 0.6 is 11.6 Å². The fourth-order valence-corrected chi connectivity index (χ4v) is 3.83. The largest absolute Gasteiger partial charge is 0.350 e. The number of rotatable bonds is 5. The van der Waals surface area contributed by atoms with Crippen LogP contribution in [-0.2, 0) is 9.59 Å². The van der Waals surface area contributed by atoms with Gasteiger partial charge in [-0.15, -0.1) is 0 Å². The van der Waals surface area contributed by atoms with Crippen LogP contribution in [0.3, 0.4) is 0 Å². The van der Waals surface area contributed by atoms with Crippen molar-refractivity contribution in [2.75, 3.05) is 10.2 Å². The average molecular weight is 448 g/mol. The highest BCUT2D eigenvalue weighted by molar-refractivity contribution is 6.46. The van der Waals surface area contributed by atoms with Crippen molar-refractivity contribution in [3.63, 3.8) is 0 Å². The highest BCUT2D eigenvalue weighted by atomic mass is 35.5. The van der Waals surface area contributed by atoms with Gasteiger partial charge >= 0.3 is 0 Å². The summed E-state index contributed by atoms with van der Waals surface area (Å²) in [5, 5.41) is 14.7. The SMILES string of the molecule is Cc1cc(Cl)ccc1NC1=C(c2ccc([N+](=O)[O-])cc2)C(=O)N(c2ccccc2C)C1=O. The fourth-order valence-electron chi connectivity index (χ4n) is 3.60. The zero-order chi connectivity index (χ0) is 23.0. The van der Waals surface area contributed by atoms with Crippen molar-refractivity contribution in [2.24, 2.45) is 0 Å². The van der Waals surface area contributed by atoms with Gasteiger partial charge in [0.15, 0.2) is 0 Å². The number of benzene rings is 3. The van der Waals surface area contributed by atoms with E-state index in [0.29, 0.717) is 22.0 Å². The lowest BCUT2D eigenvalue weighted by molar-refractivity contribution is -0.384. The molecule has 0 aliphatic carbocycles. The van der Waals surface area contributed by atoms with Crippen LogP contribution in [0, 0.1) is 24.0 Å². The number of hydrogen-bond donors (Lipinski definition) is 1. The summed E-state index contributed by atoms with van der Waals surface area (Å²) in [7, 11) is 0. The minimum absolute atomic E-state index is 0.0949. The van der Waals surface area contributed by atoms with E-state index in [2.05, 4.69) is 5.32 Å². The third-order valence-corrected chi connectivity index (χ3v) is 5.49. The van der Waals surface area contributed by atoms with Crippen LogP contribution in [0.25, 0.3) is 5.57 Å². The number of nitrogens with one attached hydrogen (secondary N) is 1. The molecule has 3 aromatic rings. The predicted octanol–water partition coefficient (Wildman–Crippen LogP) is 5.26. The van der Waals surface area contributed by atoms with Crippen molar-refractivity contribution >= 4 is 46.1 Å². The van der Waals surface area contributed by atoms with Crippen LogP contribution < -0.4 is 10.2 Å². The molecule has 7 nitrogen and oxygen atoms in total. The van der Waals surface area contributed by atoms with Gasteiger partial charge in [0.05, 0.1) is 16.2 Å². The van der Waals surface area contributed by atoms with Gasteiger partial charge in [0.1, 0.15) is 5.70 Å². The first-order valence-electron chi connectivity index (χ1n) is 9.74. The third kappa shape index (κ3) is 3.74. The Labute approximate surface area is 189 Å². The average Bonchev–Trinajstić information content (AvgIpc) is 3.00. The number of nitrogens with zero attached hydrogens (tertiary/aromatic N) is 2. The number of non-ortho nitro benzene ring substituents is 1. The molecule has 2 amide bonds. The summed E-state index contributed by atoms with van der Waals surface area (Å²) >= 11 is 6.05. The van der Waals surface area contributed by atoms with Gasteiger partial charge in [-0.2, -0.15) is 0 Å². The molecule has 0 fully saturated rings. The smallest absolute Gasteiger partial charge is 0.282 e. The Morgan fingerprint density at radius 3 is 2.22 bits per heavy atom. The summed E-state index contributed by atoms with van der Waals surface area (Å²) in [6.07, 6.45) is 0. The van der Waals surface area contributed by atoms with E-state index in [1.807, 2.05) is 26.0 Å². The first-order valence-corrected chi connectivity index (χ1v) is 10.1. The number of nitro benzene ring substituents is 1. The van der Waals surface area contributed by atoms with Gasteiger partial charge in [0, 0.05) is 22.8 Å². The van der Waals surface area contributed by atoms with Gasteiger partial charge in [0.2, 0.25) is 0 Å². The molecule has 3 aromatic carbocycles. The maximum atomic E-state index is 13.5. The first-order chi connectivity index (χ1) is 15.3. The van der Waals surface area contributed by atoms with Gasteiger partial charge in [-0.25, -0.2) is 4.90 Å². The minimum Gasteiger partial charge on any atom is -0.350 e. The molecular weight excluding hydrogens is 430 g/mol. The molecule has 0 bridgehead atoms. The van der Waals surface area contributed by atoms with Crippen molar-refractivity contribution in [3.8, 4) is 0 Å². The molecule has 1 heterocycles. The summed E-state index contributed by atoms with van der Waals surface area (Å²) in [6.45, 7) is 3.65. The van der Waals surface area contributed by atoms with E-state index in [-0.39, 0.29) is 17.0 Å². The van der Waals surface area contributed by atoms with E-state index in [0.717, 1.165) is 16.0 Å². The molecule has 0 aromatic heterocycles. The Kier molecular flexibility index (Phi) is 5.50. The molecule has 0 saturated carbocycles. The molecule has 1 aliphatic rings. The molecule has 160 valence electrons. The maximum Gasteiger partial charge on any atom is 0.282 e. The van der Waals surface area contributed by atoms with Crippen LogP contribution in [0.2, 0.25) is 5.02 Å². The minimum atomic E-state index is -0.518. The topological polar surface area (TPSA) is 92.6 Å². The number of para-hydroxylation sites is 1. The van der Waals surface area contributed by atoms with Crippen molar-refractivity contribution in [1.29, 1.82) is 0 Å². The Balaban J connectivity index is 1.85. The second-order valence-electron chi connectivity index (χ2n) is 7.37. The zero-order valence-electron chi connectivity index (χ0n) is 17.3. The third-order valence-electron chi connectivity index (χ3n) is 5.26. The van der Waals surface area contributed by atoms with E-state index >= 15 is 0 Å². The number of carbonyl (C=O) groups is 2. The van der Waals surface area contributed by atoms with Crippen LogP contribution in [-0.4, -0.2) is 16.7 Å². The van der Waals surface area contributed by atoms with Crippen LogP contribution in [0.1, 0.15) is 16.7 Å². The molecule has 0 saturated heterocycles. The second kappa shape index (κ2) is 8.28. The van der Waals surface area contributed by atoms with E-state index in [9.17, 15) is 19.7 Å². The summed E-state index contributed by atoms with van der Waals surface area (Å²) in [4.78, 5) is 38.6. The highest BCUT2D eigenvalue weighted by Gasteiger charge is 2.41. The van der Waals surface area contributed by atoms with Crippen molar-refractivity contribution < 1.29 is 14.5 Å². The number of nitro groups is 1. The zero-order valence-corrected chi connectivity index (χ0v) is 18.0. The molecule has 1 N–H and O–H groups in total. The van der Waals surface area contributed by atoms with Crippen LogP contribution in [0.4, 0.5) is 17.1 Å². The number of carbonyl (C=O) groups excluding carboxylic acids is 2. The molecule has 0 atom stereocenters. The van der Waals surface area contributed by atoms with Crippen molar-refractivity contribution in [2.45, 2.75) is 13.8 Å². The molecule has 0 radical (unpaired) electrons. The standard InChI is InChI=1S/C24H18ClN3O4/c1-14-5-3-4-6-20(14)27-23(29)21(16-7-10-18(11-8-16)28(31)32)22(24(27)30)26-19-12-9-17(25)13-15(19)2/h3-13,26H,1-2H3. The number of anilines is 2. The lowest BCUT2D eigenvalue weighted by Gasteiger charge is -2.18. The molecule has 4 rings (SSSR count). The number of aryl methyl sites for hydroxylation is 2. The second-order valence-corrected chi connectivity index (χ2v) is 7.81. The maximum absolute atomic E-state index is 13.5. The summed E-state index contributed by atoms with van der Waals surface area (Å²) in [5.41, 5.74) is 3.19. The Morgan fingerprint density at radius 1 is 0.906 bits per heavy atom. The monoisotopic (exact) mass is 447 g/mol. The van der Waals surface area contributed by atoms with E-state index in [1.165, 1.54) is 24.3 Å². The number of halogens is 1. The molecule has 1 aliphatic heterocycles. The summed E-state index contributed by atoms with van der Waals surface area (Å²) in [5.74, 6) is -1.01. The van der Waals surface area contributed by atoms with Crippen molar-refractivity contribution in [1.82, 2.24) is 0 Å². The Hall–Kier alpha value is -3.97. The van der Waals surface area contributed by atoms with Crippen LogP contribution in [0.15, 0.2) is 72.4 Å². The normalized spacial score (nSPS) is 13.7. The number of hydrogen-bond acceptors (Lipinski definition) is 5. The van der Waals surface area contributed by atoms with Crippen LogP contribution in [0.5, 0.6) is 0 Å². The summed E-state index contributed by atoms with van der Waals surface area (Å²) < 4.78 is 0. The summed E-state index contributed by atoms with van der Waals surface area (Å²) in [6, 6.07) is 17.8. The fraction of sp³-hybridized carbons (Fsp3) is 0.0833. The molecular formula is C24H18ClN3O4. The lowest BCUT2D eigenvalue weighted by Crippen LogP contribution is -2.33. The Morgan fingerprint density at radius 2 is 1.59 bits per heavy atom. The Bertz CT molecular complexity index is 1300. The highest BCUT2D eigenvalue weighted by Crippen LogP contribution is 2.36. The van der Waals surface area contributed by atoms with Gasteiger partial charge in [-0.1, -0.05) is 29.8 Å². The molecule has 0 unspecified atom stereocenters. The van der Waals surface area contributed by atoms with E-state index in [1.54, 1.807) is 30.3 Å². The van der Waals surface area contributed by atoms with Crippen molar-refractivity contribution in [3.05, 3.63) is 104 Å². The quantitative estimate of drug-likeness (QED) is 0.327. The number of imide groups is 1. The molecule has 32 heavy (non-hydrogen) atoms. The lowest BCUT2D eigenvalue weighted by atomic mass is 10.0.